The summed E-state index contributed by atoms with van der Waals surface area (Å²) < 4.78 is 6.54. The quantitative estimate of drug-likeness (QED) is 0.213. The Balaban J connectivity index is 0.00000512. The van der Waals surface area contributed by atoms with E-state index in [0.717, 1.165) is 50.2 Å². The van der Waals surface area contributed by atoms with Gasteiger partial charge in [-0.05, 0) is 6.42 Å². The van der Waals surface area contributed by atoms with Crippen LogP contribution in [0.25, 0.3) is 0 Å². The average molecular weight is 467 g/mol. The van der Waals surface area contributed by atoms with Crippen LogP contribution in [-0.4, -0.2) is 61.7 Å². The predicted octanol–water partition coefficient (Wildman–Crippen LogP) is 2.81. The van der Waals surface area contributed by atoms with Crippen molar-refractivity contribution < 1.29 is 26.4 Å². The lowest BCUT2D eigenvalue weighted by Gasteiger charge is -2.42. The maximum absolute atomic E-state index is 12.1. The summed E-state index contributed by atoms with van der Waals surface area (Å²) >= 11 is 0. The first kappa shape index (κ1) is 28.9. The molecule has 32 heavy (non-hydrogen) atoms. The molecule has 1 aliphatic heterocycles. The number of carbonyl (C=O) groups is 1. The molecule has 0 saturated carbocycles. The highest BCUT2D eigenvalue weighted by molar-refractivity contribution is 5.69. The number of likely N-dealkylation sites (N-methyl/N-ethyl adjacent to an activating group) is 1. The number of piperazine rings is 1. The first-order chi connectivity index (χ1) is 15.1. The molecule has 0 atom stereocenters. The summed E-state index contributed by atoms with van der Waals surface area (Å²) in [6.45, 7) is 9.21. The normalized spacial score (nSPS) is 15.8. The summed E-state index contributed by atoms with van der Waals surface area (Å²) in [5.74, 6) is -0.0250. The third-order valence-corrected chi connectivity index (χ3v) is 6.71. The number of esters is 1. The summed E-state index contributed by atoms with van der Waals surface area (Å²) in [5, 5.41) is 0. The van der Waals surface area contributed by atoms with Crippen molar-refractivity contribution >= 4 is 5.97 Å². The number of rotatable bonds is 16. The van der Waals surface area contributed by atoms with Gasteiger partial charge in [-0.15, -0.1) is 0 Å². The predicted molar refractivity (Wildman–Crippen MR) is 130 cm³/mol. The molecule has 0 amide bonds. The van der Waals surface area contributed by atoms with Crippen LogP contribution in [0, 0.1) is 0 Å². The summed E-state index contributed by atoms with van der Waals surface area (Å²) in [6.07, 6.45) is 13.6. The Bertz CT molecular complexity index is 589. The van der Waals surface area contributed by atoms with Gasteiger partial charge in [0.1, 0.15) is 6.54 Å². The third-order valence-electron chi connectivity index (χ3n) is 6.71. The van der Waals surface area contributed by atoms with Gasteiger partial charge in [-0.2, -0.15) is 0 Å². The molecule has 0 radical (unpaired) electrons. The van der Waals surface area contributed by atoms with E-state index in [1.165, 1.54) is 63.4 Å². The highest BCUT2D eigenvalue weighted by atomic mass is 35.5. The van der Waals surface area contributed by atoms with Gasteiger partial charge in [-0.1, -0.05) is 95.0 Å². The fourth-order valence-corrected chi connectivity index (χ4v) is 4.49. The first-order valence-electron chi connectivity index (χ1n) is 12.9. The van der Waals surface area contributed by atoms with Crippen LogP contribution in [0.4, 0.5) is 0 Å². The zero-order valence-electron chi connectivity index (χ0n) is 20.7. The largest absolute Gasteiger partial charge is 1.00 e. The maximum Gasteiger partial charge on any atom is 0.307 e. The summed E-state index contributed by atoms with van der Waals surface area (Å²) in [7, 11) is 2.35. The third kappa shape index (κ3) is 12.8. The molecule has 0 bridgehead atoms. The Morgan fingerprint density at radius 2 is 1.47 bits per heavy atom. The van der Waals surface area contributed by atoms with Crippen molar-refractivity contribution in [2.75, 3.05) is 46.4 Å². The number of benzene rings is 1. The van der Waals surface area contributed by atoms with Crippen LogP contribution in [0.15, 0.2) is 30.3 Å². The van der Waals surface area contributed by atoms with E-state index < -0.39 is 0 Å². The molecule has 0 aliphatic carbocycles. The Labute approximate surface area is 203 Å². The Kier molecular flexibility index (Phi) is 15.7. The molecule has 1 saturated heterocycles. The second kappa shape index (κ2) is 17.4. The highest BCUT2D eigenvalue weighted by Gasteiger charge is 2.28. The monoisotopic (exact) mass is 466 g/mol. The fraction of sp³-hybridized carbons (Fsp3) is 0.741. The number of ether oxygens (including phenoxy) is 1. The van der Waals surface area contributed by atoms with Crippen molar-refractivity contribution in [3.8, 4) is 0 Å². The number of halogens is 1. The second-order valence-electron chi connectivity index (χ2n) is 9.70. The van der Waals surface area contributed by atoms with Crippen LogP contribution in [0.1, 0.15) is 83.1 Å². The molecule has 1 aromatic carbocycles. The smallest absolute Gasteiger partial charge is 0.307 e. The lowest BCUT2D eigenvalue weighted by molar-refractivity contribution is -0.926. The maximum atomic E-state index is 12.1. The van der Waals surface area contributed by atoms with Gasteiger partial charge in [-0.3, -0.25) is 9.69 Å². The number of hydrogen-bond acceptors (Lipinski definition) is 3. The van der Waals surface area contributed by atoms with E-state index in [1.807, 2.05) is 0 Å². The molecule has 0 aromatic heterocycles. The molecule has 184 valence electrons. The standard InChI is InChI=1S/C27H47N2O2.ClH/c1-3-4-5-6-7-8-9-10-11-15-24-31-27(30)18-19-28-20-22-29(2,23-21-28)25-26-16-13-12-14-17-26;/h12-14,16-17H,3-11,15,18-25H2,1-2H3;1H/q+1;/p-1. The van der Waals surface area contributed by atoms with Crippen LogP contribution < -0.4 is 12.4 Å². The van der Waals surface area contributed by atoms with Gasteiger partial charge in [0.25, 0.3) is 0 Å². The zero-order valence-corrected chi connectivity index (χ0v) is 21.5. The minimum absolute atomic E-state index is 0. The van der Waals surface area contributed by atoms with E-state index in [2.05, 4.69) is 49.2 Å². The van der Waals surface area contributed by atoms with Crippen LogP contribution in [0.2, 0.25) is 0 Å². The molecule has 0 N–H and O–H groups in total. The van der Waals surface area contributed by atoms with Crippen LogP contribution in [0.3, 0.4) is 0 Å². The van der Waals surface area contributed by atoms with Crippen molar-refractivity contribution in [2.45, 2.75) is 84.1 Å². The van der Waals surface area contributed by atoms with Crippen LogP contribution in [0.5, 0.6) is 0 Å². The summed E-state index contributed by atoms with van der Waals surface area (Å²) in [6, 6.07) is 10.8. The molecule has 1 aliphatic rings. The van der Waals surface area contributed by atoms with E-state index in [-0.39, 0.29) is 18.4 Å². The number of nitrogens with zero attached hydrogens (tertiary/aromatic N) is 2. The van der Waals surface area contributed by atoms with E-state index in [0.29, 0.717) is 13.0 Å². The molecule has 1 heterocycles. The molecular weight excluding hydrogens is 420 g/mol. The van der Waals surface area contributed by atoms with Gasteiger partial charge in [0, 0.05) is 25.2 Å². The lowest BCUT2D eigenvalue weighted by Crippen LogP contribution is -3.00. The van der Waals surface area contributed by atoms with Gasteiger partial charge in [0.2, 0.25) is 0 Å². The van der Waals surface area contributed by atoms with Crippen LogP contribution in [-0.2, 0) is 16.1 Å². The molecular formula is C27H47ClN2O2. The lowest BCUT2D eigenvalue weighted by atomic mass is 10.1. The molecule has 5 heteroatoms. The van der Waals surface area contributed by atoms with Gasteiger partial charge < -0.3 is 21.6 Å². The average Bonchev–Trinajstić information content (AvgIpc) is 2.77. The summed E-state index contributed by atoms with van der Waals surface area (Å²) in [4.78, 5) is 14.5. The van der Waals surface area contributed by atoms with Gasteiger partial charge in [-0.25, -0.2) is 0 Å². The number of carbonyl (C=O) groups excluding carboxylic acids is 1. The molecule has 0 spiro atoms. The fourth-order valence-electron chi connectivity index (χ4n) is 4.49. The molecule has 2 rings (SSSR count). The van der Waals surface area contributed by atoms with E-state index in [4.69, 9.17) is 4.74 Å². The van der Waals surface area contributed by atoms with Crippen molar-refractivity contribution in [2.24, 2.45) is 0 Å². The van der Waals surface area contributed by atoms with Gasteiger partial charge >= 0.3 is 5.97 Å². The van der Waals surface area contributed by atoms with Crippen molar-refractivity contribution in [3.05, 3.63) is 35.9 Å². The van der Waals surface area contributed by atoms with E-state index in [1.54, 1.807) is 0 Å². The van der Waals surface area contributed by atoms with E-state index >= 15 is 0 Å². The molecule has 1 fully saturated rings. The SMILES string of the molecule is CCCCCCCCCCCCOC(=O)CCN1CC[N+](C)(Cc2ccccc2)CC1.[Cl-]. The van der Waals surface area contributed by atoms with Gasteiger partial charge in [0.15, 0.2) is 0 Å². The van der Waals surface area contributed by atoms with Gasteiger partial charge in [0.05, 0.1) is 33.2 Å². The second-order valence-corrected chi connectivity index (χ2v) is 9.70. The minimum Gasteiger partial charge on any atom is -1.00 e. The minimum atomic E-state index is -0.0250. The number of hydrogen-bond donors (Lipinski definition) is 0. The zero-order chi connectivity index (χ0) is 22.2. The molecule has 1 aromatic rings. The van der Waals surface area contributed by atoms with Crippen LogP contribution >= 0.6 is 0 Å². The Morgan fingerprint density at radius 1 is 0.906 bits per heavy atom. The Morgan fingerprint density at radius 3 is 2.06 bits per heavy atom. The van der Waals surface area contributed by atoms with E-state index in [9.17, 15) is 4.79 Å². The number of quaternary nitrogens is 1. The summed E-state index contributed by atoms with van der Waals surface area (Å²) in [5.41, 5.74) is 1.41. The first-order valence-corrected chi connectivity index (χ1v) is 12.9. The van der Waals surface area contributed by atoms with Crippen molar-refractivity contribution in [3.63, 3.8) is 0 Å². The highest BCUT2D eigenvalue weighted by Crippen LogP contribution is 2.16. The molecule has 0 unspecified atom stereocenters. The van der Waals surface area contributed by atoms with Crippen molar-refractivity contribution in [1.29, 1.82) is 0 Å². The van der Waals surface area contributed by atoms with Crippen molar-refractivity contribution in [1.82, 2.24) is 4.90 Å². The molecule has 4 nitrogen and oxygen atoms in total. The Hall–Kier alpha value is -1.10. The number of unbranched alkanes of at least 4 members (excludes halogenated alkanes) is 9. The topological polar surface area (TPSA) is 29.5 Å².